The number of benzene rings is 1. The molecule has 2 aliphatic carbocycles. The summed E-state index contributed by atoms with van der Waals surface area (Å²) in [5.74, 6) is -1.64. The number of aryl methyl sites for hydroxylation is 1. The first kappa shape index (κ1) is 22.7. The van der Waals surface area contributed by atoms with E-state index in [9.17, 15) is 19.5 Å². The van der Waals surface area contributed by atoms with Gasteiger partial charge in [0.1, 0.15) is 17.3 Å². The monoisotopic (exact) mass is 430 g/mol. The number of carbonyl (C=O) groups is 3. The zero-order valence-corrected chi connectivity index (χ0v) is 19.0. The minimum atomic E-state index is -0.931. The minimum Gasteiger partial charge on any atom is -0.512 e. The van der Waals surface area contributed by atoms with E-state index in [2.05, 4.69) is 0 Å². The fourth-order valence-corrected chi connectivity index (χ4v) is 5.18. The summed E-state index contributed by atoms with van der Waals surface area (Å²) in [7, 11) is 0. The summed E-state index contributed by atoms with van der Waals surface area (Å²) >= 11 is 5.84. The van der Waals surface area contributed by atoms with Gasteiger partial charge in [-0.15, -0.1) is 11.6 Å². The van der Waals surface area contributed by atoms with Gasteiger partial charge in [-0.3, -0.25) is 14.4 Å². The third kappa shape index (κ3) is 4.69. The van der Waals surface area contributed by atoms with Crippen LogP contribution < -0.4 is 0 Å². The molecule has 0 heterocycles. The summed E-state index contributed by atoms with van der Waals surface area (Å²) in [5, 5.41) is 10.9. The molecule has 5 heteroatoms. The molecule has 1 N–H and O–H groups in total. The Balaban J connectivity index is 2.11. The van der Waals surface area contributed by atoms with Gasteiger partial charge in [0.05, 0.1) is 5.92 Å². The minimum absolute atomic E-state index is 0.0107. The maximum absolute atomic E-state index is 13.1. The second-order valence-corrected chi connectivity index (χ2v) is 10.8. The fourth-order valence-electron chi connectivity index (χ4n) is 4.96. The van der Waals surface area contributed by atoms with Crippen LogP contribution >= 0.6 is 11.6 Å². The third-order valence-electron chi connectivity index (χ3n) is 6.26. The van der Waals surface area contributed by atoms with E-state index in [0.717, 1.165) is 5.56 Å². The van der Waals surface area contributed by atoms with Crippen molar-refractivity contribution in [2.75, 3.05) is 5.88 Å². The van der Waals surface area contributed by atoms with Crippen molar-refractivity contribution in [2.24, 2.45) is 16.7 Å². The van der Waals surface area contributed by atoms with Gasteiger partial charge < -0.3 is 5.11 Å². The van der Waals surface area contributed by atoms with Gasteiger partial charge in [0.25, 0.3) is 0 Å². The van der Waals surface area contributed by atoms with E-state index < -0.39 is 11.8 Å². The molecule has 4 nitrogen and oxygen atoms in total. The second-order valence-electron chi connectivity index (χ2n) is 10.4. The number of allylic oxidation sites excluding steroid dienone is 2. The van der Waals surface area contributed by atoms with Crippen molar-refractivity contribution >= 4 is 29.0 Å². The number of Topliss-reactive ketones (excluding diaryl/α,β-unsaturated/α-hetero) is 3. The van der Waals surface area contributed by atoms with Gasteiger partial charge in [-0.1, -0.05) is 52.0 Å². The van der Waals surface area contributed by atoms with E-state index in [1.807, 2.05) is 52.0 Å². The van der Waals surface area contributed by atoms with Gasteiger partial charge in [-0.25, -0.2) is 0 Å². The van der Waals surface area contributed by atoms with Crippen LogP contribution in [0.25, 0.3) is 0 Å². The topological polar surface area (TPSA) is 71.4 Å². The van der Waals surface area contributed by atoms with Crippen molar-refractivity contribution < 1.29 is 19.5 Å². The highest BCUT2D eigenvalue weighted by molar-refractivity contribution is 6.18. The molecule has 1 atom stereocenters. The maximum Gasteiger partial charge on any atom is 0.163 e. The Morgan fingerprint density at radius 3 is 1.97 bits per heavy atom. The van der Waals surface area contributed by atoms with E-state index in [4.69, 9.17) is 11.6 Å². The lowest BCUT2D eigenvalue weighted by Gasteiger charge is -2.39. The summed E-state index contributed by atoms with van der Waals surface area (Å²) in [6.07, 6.45) is 1.93. The van der Waals surface area contributed by atoms with Crippen LogP contribution in [-0.2, 0) is 20.8 Å². The molecule has 0 bridgehead atoms. The molecule has 1 saturated carbocycles. The number of hydrogen-bond acceptors (Lipinski definition) is 4. The van der Waals surface area contributed by atoms with Crippen molar-refractivity contribution in [2.45, 2.75) is 65.7 Å². The van der Waals surface area contributed by atoms with Crippen LogP contribution in [0.5, 0.6) is 0 Å². The zero-order valence-electron chi connectivity index (χ0n) is 18.3. The summed E-state index contributed by atoms with van der Waals surface area (Å²) in [4.78, 5) is 39.4. The Morgan fingerprint density at radius 1 is 0.933 bits per heavy atom. The lowest BCUT2D eigenvalue weighted by Crippen LogP contribution is -2.43. The van der Waals surface area contributed by atoms with Crippen LogP contribution in [0.1, 0.15) is 70.4 Å². The van der Waals surface area contributed by atoms with Crippen LogP contribution in [0, 0.1) is 16.7 Å². The van der Waals surface area contributed by atoms with Gasteiger partial charge >= 0.3 is 0 Å². The number of alkyl halides is 1. The van der Waals surface area contributed by atoms with Gasteiger partial charge in [-0.2, -0.15) is 0 Å². The molecule has 3 rings (SSSR count). The van der Waals surface area contributed by atoms with Crippen molar-refractivity contribution in [1.29, 1.82) is 0 Å². The highest BCUT2D eigenvalue weighted by Gasteiger charge is 2.48. The van der Waals surface area contributed by atoms with Crippen molar-refractivity contribution in [3.05, 3.63) is 46.7 Å². The van der Waals surface area contributed by atoms with Crippen molar-refractivity contribution in [3.63, 3.8) is 0 Å². The predicted octanol–water partition coefficient (Wildman–Crippen LogP) is 5.33. The van der Waals surface area contributed by atoms with Crippen LogP contribution in [0.2, 0.25) is 0 Å². The van der Waals surface area contributed by atoms with Gasteiger partial charge in [-0.05, 0) is 28.4 Å². The summed E-state index contributed by atoms with van der Waals surface area (Å²) in [5.41, 5.74) is 1.28. The van der Waals surface area contributed by atoms with Crippen molar-refractivity contribution in [3.8, 4) is 0 Å². The number of halogens is 1. The number of aliphatic hydroxyl groups is 1. The lowest BCUT2D eigenvalue weighted by molar-refractivity contribution is -0.140. The van der Waals surface area contributed by atoms with Crippen LogP contribution in [0.3, 0.4) is 0 Å². The molecule has 1 aromatic rings. The Kier molecular flexibility index (Phi) is 6.29. The molecule has 0 amide bonds. The zero-order chi connectivity index (χ0) is 22.3. The van der Waals surface area contributed by atoms with Gasteiger partial charge in [0, 0.05) is 43.1 Å². The van der Waals surface area contributed by atoms with Crippen LogP contribution in [0.4, 0.5) is 0 Å². The molecule has 0 spiro atoms. The Bertz CT molecular complexity index is 872. The molecular formula is C25H31ClO4. The molecule has 1 fully saturated rings. The molecule has 0 aliphatic heterocycles. The molecule has 30 heavy (non-hydrogen) atoms. The number of aliphatic hydroxyl groups excluding tert-OH is 1. The summed E-state index contributed by atoms with van der Waals surface area (Å²) < 4.78 is 0. The smallest absolute Gasteiger partial charge is 0.163 e. The molecule has 0 aromatic heterocycles. The first-order valence-corrected chi connectivity index (χ1v) is 11.1. The Morgan fingerprint density at radius 2 is 1.47 bits per heavy atom. The number of ketones is 3. The van der Waals surface area contributed by atoms with Crippen molar-refractivity contribution in [1.82, 2.24) is 0 Å². The average Bonchev–Trinajstić information content (AvgIpc) is 2.58. The second kappa shape index (κ2) is 8.30. The largest absolute Gasteiger partial charge is 0.512 e. The SMILES string of the molecule is CC1(C)CC(=O)C([C@@H](C2=C(O)CC(C)(C)CC2=O)c2ccc(CCCl)cc2)C(=O)C1. The van der Waals surface area contributed by atoms with Gasteiger partial charge in [0.15, 0.2) is 5.78 Å². The Hall–Kier alpha value is -1.94. The average molecular weight is 431 g/mol. The highest BCUT2D eigenvalue weighted by Crippen LogP contribution is 2.47. The predicted molar refractivity (Wildman–Crippen MR) is 118 cm³/mol. The molecule has 162 valence electrons. The Labute approximate surface area is 183 Å². The summed E-state index contributed by atoms with van der Waals surface area (Å²) in [6.45, 7) is 7.71. The number of hydrogen-bond donors (Lipinski definition) is 1. The summed E-state index contributed by atoms with van der Waals surface area (Å²) in [6, 6.07) is 7.56. The maximum atomic E-state index is 13.1. The molecule has 1 aromatic carbocycles. The van der Waals surface area contributed by atoms with E-state index >= 15 is 0 Å². The lowest BCUT2D eigenvalue weighted by atomic mass is 9.62. The molecule has 2 aliphatic rings. The van der Waals surface area contributed by atoms with Crippen LogP contribution in [-0.4, -0.2) is 28.3 Å². The normalized spacial score (nSPS) is 23.0. The van der Waals surface area contributed by atoms with E-state index in [-0.39, 0.29) is 58.8 Å². The quantitative estimate of drug-likeness (QED) is 0.506. The molecular weight excluding hydrogens is 400 g/mol. The fraction of sp³-hybridized carbons (Fsp3) is 0.560. The van der Waals surface area contributed by atoms with E-state index in [1.165, 1.54) is 0 Å². The van der Waals surface area contributed by atoms with Crippen LogP contribution in [0.15, 0.2) is 35.6 Å². The van der Waals surface area contributed by atoms with E-state index in [1.54, 1.807) is 0 Å². The number of rotatable bonds is 5. The third-order valence-corrected chi connectivity index (χ3v) is 6.45. The highest BCUT2D eigenvalue weighted by atomic mass is 35.5. The molecule has 0 radical (unpaired) electrons. The molecule has 0 unspecified atom stereocenters. The molecule has 0 saturated heterocycles. The van der Waals surface area contributed by atoms with E-state index in [0.29, 0.717) is 24.3 Å². The number of carbonyl (C=O) groups excluding carboxylic acids is 3. The first-order chi connectivity index (χ1) is 13.9. The van der Waals surface area contributed by atoms with Gasteiger partial charge in [0.2, 0.25) is 0 Å². The standard InChI is InChI=1S/C25H31ClO4/c1-24(2)11-17(27)22(18(28)12-24)21(16-7-5-15(6-8-16)9-10-26)23-19(29)13-25(3,4)14-20(23)30/h5-8,21-22,29H,9-14H2,1-4H3/t21-/m0/s1. The first-order valence-electron chi connectivity index (χ1n) is 10.6.